The summed E-state index contributed by atoms with van der Waals surface area (Å²) in [6.07, 6.45) is -9.18. The van der Waals surface area contributed by atoms with E-state index in [0.717, 1.165) is 24.3 Å². The summed E-state index contributed by atoms with van der Waals surface area (Å²) in [5, 5.41) is 3.33. The van der Waals surface area contributed by atoms with Gasteiger partial charge in [-0.1, -0.05) is 17.3 Å². The highest BCUT2D eigenvalue weighted by Gasteiger charge is 2.38. The summed E-state index contributed by atoms with van der Waals surface area (Å²) in [6, 6.07) is 10.0. The lowest BCUT2D eigenvalue weighted by atomic mass is 10.1. The first-order chi connectivity index (χ1) is 15.5. The van der Waals surface area contributed by atoms with Crippen LogP contribution in [0, 0.1) is 0 Å². The summed E-state index contributed by atoms with van der Waals surface area (Å²) in [6.45, 7) is 0.536. The van der Waals surface area contributed by atoms with E-state index in [4.69, 9.17) is 4.74 Å². The van der Waals surface area contributed by atoms with Crippen molar-refractivity contribution >= 4 is 5.91 Å². The van der Waals surface area contributed by atoms with Crippen LogP contribution in [0.15, 0.2) is 53.1 Å². The second-order valence-corrected chi connectivity index (χ2v) is 7.30. The first kappa shape index (κ1) is 22.6. The highest BCUT2D eigenvalue weighted by Crippen LogP contribution is 2.31. The van der Waals surface area contributed by atoms with E-state index in [9.17, 15) is 31.1 Å². The number of aromatic nitrogens is 2. The molecule has 0 N–H and O–H groups in total. The molecule has 0 saturated carbocycles. The maximum atomic E-state index is 12.7. The monoisotopic (exact) mass is 471 g/mol. The molecular weight excluding hydrogens is 456 g/mol. The van der Waals surface area contributed by atoms with E-state index in [-0.39, 0.29) is 23.5 Å². The third-order valence-electron chi connectivity index (χ3n) is 4.95. The van der Waals surface area contributed by atoms with Crippen LogP contribution < -0.4 is 4.74 Å². The second kappa shape index (κ2) is 8.41. The number of ether oxygens (including phenoxy) is 1. The average molecular weight is 471 g/mol. The molecule has 0 radical (unpaired) electrons. The zero-order valence-corrected chi connectivity index (χ0v) is 16.7. The Morgan fingerprint density at radius 1 is 1.03 bits per heavy atom. The average Bonchev–Trinajstić information content (AvgIpc) is 3.43. The molecule has 1 amide bonds. The van der Waals surface area contributed by atoms with Crippen LogP contribution in [0.1, 0.15) is 28.2 Å². The van der Waals surface area contributed by atoms with E-state index in [2.05, 4.69) is 14.7 Å². The molecule has 1 saturated heterocycles. The molecule has 6 nitrogen and oxygen atoms in total. The van der Waals surface area contributed by atoms with Crippen molar-refractivity contribution in [1.29, 1.82) is 0 Å². The molecule has 0 unspecified atom stereocenters. The lowest BCUT2D eigenvalue weighted by Gasteiger charge is -2.18. The van der Waals surface area contributed by atoms with Gasteiger partial charge in [0.25, 0.3) is 5.91 Å². The van der Waals surface area contributed by atoms with E-state index in [1.54, 1.807) is 12.1 Å². The van der Waals surface area contributed by atoms with Crippen LogP contribution in [0.2, 0.25) is 0 Å². The van der Waals surface area contributed by atoms with Crippen LogP contribution >= 0.6 is 0 Å². The summed E-state index contributed by atoms with van der Waals surface area (Å²) in [5.74, 6) is -1.80. The summed E-state index contributed by atoms with van der Waals surface area (Å²) in [4.78, 5) is 17.4. The molecule has 0 aliphatic carbocycles. The van der Waals surface area contributed by atoms with E-state index in [0.29, 0.717) is 18.7 Å². The van der Waals surface area contributed by atoms with Gasteiger partial charge in [0.2, 0.25) is 5.82 Å². The molecule has 0 bridgehead atoms. The predicted molar refractivity (Wildman–Crippen MR) is 101 cm³/mol. The van der Waals surface area contributed by atoms with Crippen molar-refractivity contribution in [2.24, 2.45) is 0 Å². The Morgan fingerprint density at radius 3 is 2.39 bits per heavy atom. The number of amides is 1. The van der Waals surface area contributed by atoms with Gasteiger partial charge in [0.05, 0.1) is 12.1 Å². The minimum absolute atomic E-state index is 0.128. The molecule has 2 aromatic carbocycles. The lowest BCUT2D eigenvalue weighted by molar-refractivity contribution is -0.159. The number of rotatable bonds is 4. The Balaban J connectivity index is 1.40. The zero-order chi connectivity index (χ0) is 23.8. The van der Waals surface area contributed by atoms with Crippen LogP contribution in [0.25, 0.3) is 11.4 Å². The molecule has 1 aromatic heterocycles. The molecule has 174 valence electrons. The van der Waals surface area contributed by atoms with E-state index in [1.165, 1.54) is 17.0 Å². The van der Waals surface area contributed by atoms with E-state index >= 15 is 0 Å². The Bertz CT molecular complexity index is 1140. The number of nitrogens with zero attached hydrogens (tertiary/aromatic N) is 3. The van der Waals surface area contributed by atoms with Crippen molar-refractivity contribution < 1.29 is 40.4 Å². The fourth-order valence-electron chi connectivity index (χ4n) is 3.35. The van der Waals surface area contributed by atoms with Gasteiger partial charge in [0, 0.05) is 24.1 Å². The largest absolute Gasteiger partial charge is 0.488 e. The van der Waals surface area contributed by atoms with Gasteiger partial charge in [-0.25, -0.2) is 0 Å². The van der Waals surface area contributed by atoms with Crippen molar-refractivity contribution in [3.05, 3.63) is 65.5 Å². The smallest absolute Gasteiger partial charge is 0.471 e. The van der Waals surface area contributed by atoms with Crippen LogP contribution in [-0.4, -0.2) is 40.1 Å². The Kier molecular flexibility index (Phi) is 5.76. The molecule has 0 spiro atoms. The molecule has 1 fully saturated rings. The summed E-state index contributed by atoms with van der Waals surface area (Å²) in [5.41, 5.74) is -0.462. The third-order valence-corrected chi connectivity index (χ3v) is 4.95. The highest BCUT2D eigenvalue weighted by atomic mass is 19.4. The van der Waals surface area contributed by atoms with Crippen LogP contribution in [0.5, 0.6) is 5.75 Å². The molecule has 12 heteroatoms. The number of carbonyl (C=O) groups excluding carboxylic acids is 1. The van der Waals surface area contributed by atoms with Crippen molar-refractivity contribution in [2.45, 2.75) is 24.9 Å². The Hall–Kier alpha value is -3.57. The first-order valence-electron chi connectivity index (χ1n) is 9.65. The van der Waals surface area contributed by atoms with Gasteiger partial charge in [-0.05, 0) is 36.4 Å². The second-order valence-electron chi connectivity index (χ2n) is 7.30. The number of carbonyl (C=O) groups is 1. The SMILES string of the molecule is O=C(c1ccc(C(F)(F)F)cc1)N1CC[C@H](Oc2cccc(-c3noc(C(F)(F)F)n3)c2)C1. The molecule has 1 aliphatic heterocycles. The lowest BCUT2D eigenvalue weighted by Crippen LogP contribution is -2.31. The van der Waals surface area contributed by atoms with Gasteiger partial charge in [-0.15, -0.1) is 0 Å². The quantitative estimate of drug-likeness (QED) is 0.498. The Labute approximate surface area is 182 Å². The minimum Gasteiger partial charge on any atom is -0.488 e. The van der Waals surface area contributed by atoms with Crippen LogP contribution in [0.3, 0.4) is 0 Å². The van der Waals surface area contributed by atoms with Gasteiger partial charge in [-0.2, -0.15) is 31.3 Å². The molecule has 3 aromatic rings. The topological polar surface area (TPSA) is 68.5 Å². The summed E-state index contributed by atoms with van der Waals surface area (Å²) < 4.78 is 86.1. The number of hydrogen-bond donors (Lipinski definition) is 0. The third kappa shape index (κ3) is 5.10. The maximum absolute atomic E-state index is 12.7. The molecule has 1 atom stereocenters. The van der Waals surface area contributed by atoms with Gasteiger partial charge >= 0.3 is 18.2 Å². The van der Waals surface area contributed by atoms with Gasteiger partial charge < -0.3 is 14.2 Å². The van der Waals surface area contributed by atoms with E-state index < -0.39 is 35.8 Å². The summed E-state index contributed by atoms with van der Waals surface area (Å²) in [7, 11) is 0. The molecular formula is C21H15F6N3O3. The first-order valence-corrected chi connectivity index (χ1v) is 9.65. The standard InChI is InChI=1S/C21H15F6N3O3/c22-20(23,24)14-6-4-12(5-7-14)18(31)30-9-8-16(11-30)32-15-3-1-2-13(10-15)17-28-19(33-29-17)21(25,26)27/h1-7,10,16H,8-9,11H2/t16-/m0/s1. The van der Waals surface area contributed by atoms with E-state index in [1.807, 2.05) is 0 Å². The number of hydrogen-bond acceptors (Lipinski definition) is 5. The fourth-order valence-corrected chi connectivity index (χ4v) is 3.35. The number of benzene rings is 2. The predicted octanol–water partition coefficient (Wildman–Crippen LogP) is 5.07. The van der Waals surface area contributed by atoms with Crippen molar-refractivity contribution in [3.8, 4) is 17.1 Å². The van der Waals surface area contributed by atoms with Crippen molar-refractivity contribution in [2.75, 3.05) is 13.1 Å². The number of likely N-dealkylation sites (tertiary alicyclic amines) is 1. The van der Waals surface area contributed by atoms with Crippen molar-refractivity contribution in [3.63, 3.8) is 0 Å². The number of halogens is 6. The maximum Gasteiger partial charge on any atom is 0.471 e. The van der Waals surface area contributed by atoms with Crippen LogP contribution in [-0.2, 0) is 12.4 Å². The van der Waals surface area contributed by atoms with Gasteiger partial charge in [-0.3, -0.25) is 4.79 Å². The van der Waals surface area contributed by atoms with Gasteiger partial charge in [0.15, 0.2) is 0 Å². The molecule has 2 heterocycles. The molecule has 1 aliphatic rings. The van der Waals surface area contributed by atoms with Crippen molar-refractivity contribution in [1.82, 2.24) is 15.0 Å². The normalized spacial score (nSPS) is 16.8. The van der Waals surface area contributed by atoms with Crippen LogP contribution in [0.4, 0.5) is 26.3 Å². The Morgan fingerprint density at radius 2 is 1.76 bits per heavy atom. The number of alkyl halides is 6. The minimum atomic E-state index is -4.76. The zero-order valence-electron chi connectivity index (χ0n) is 16.7. The fraction of sp³-hybridized carbons (Fsp3) is 0.286. The molecule has 33 heavy (non-hydrogen) atoms. The van der Waals surface area contributed by atoms with Gasteiger partial charge in [0.1, 0.15) is 11.9 Å². The highest BCUT2D eigenvalue weighted by molar-refractivity contribution is 5.94. The summed E-state index contributed by atoms with van der Waals surface area (Å²) >= 11 is 0. The molecule has 4 rings (SSSR count).